The highest BCUT2D eigenvalue weighted by Crippen LogP contribution is 2.43. The summed E-state index contributed by atoms with van der Waals surface area (Å²) >= 11 is 35.0. The van der Waals surface area contributed by atoms with Crippen LogP contribution in [0.3, 0.4) is 0 Å². The predicted octanol–water partition coefficient (Wildman–Crippen LogP) is 6.14. The molecular weight excluding hydrogens is 933 g/mol. The molecule has 0 spiro atoms. The number of aliphatic hydroxyl groups is 2. The topological polar surface area (TPSA) is 194 Å². The number of carbonyl (C=O) groups is 5. The molecule has 0 aromatic heterocycles. The molecule has 4 heterocycles. The van der Waals surface area contributed by atoms with Crippen molar-refractivity contribution in [3.05, 3.63) is 41.0 Å². The summed E-state index contributed by atoms with van der Waals surface area (Å²) in [4.78, 5) is 71.2. The van der Waals surface area contributed by atoms with E-state index in [2.05, 4.69) is 0 Å². The fourth-order valence-corrected chi connectivity index (χ4v) is 8.19. The lowest BCUT2D eigenvalue weighted by Gasteiger charge is -2.32. The third-order valence-corrected chi connectivity index (χ3v) is 11.1. The van der Waals surface area contributed by atoms with Crippen molar-refractivity contribution in [2.75, 3.05) is 56.4 Å². The quantitative estimate of drug-likeness (QED) is 0.120. The summed E-state index contributed by atoms with van der Waals surface area (Å²) in [5.41, 5.74) is 0.519. The molecule has 0 unspecified atom stereocenters. The lowest BCUT2D eigenvalue weighted by atomic mass is 10.1. The molecule has 0 saturated carbocycles. The Morgan fingerprint density at radius 2 is 1.23 bits per heavy atom. The summed E-state index contributed by atoms with van der Waals surface area (Å²) in [7, 11) is 1.38. The Hall–Kier alpha value is -3.55. The average Bonchev–Trinajstić information content (AvgIpc) is 3.75. The number of anilines is 2. The molecule has 0 bridgehead atoms. The van der Waals surface area contributed by atoms with Gasteiger partial charge in [-0.25, -0.2) is 19.4 Å². The molecule has 334 valence electrons. The fraction of sp³-hybridized carbons (Fsp3) is 0.553. The number of hydrogen-bond acceptors (Lipinski definition) is 13. The highest BCUT2D eigenvalue weighted by molar-refractivity contribution is 6.68. The van der Waals surface area contributed by atoms with Crippen LogP contribution in [0.1, 0.15) is 59.4 Å². The summed E-state index contributed by atoms with van der Waals surface area (Å²) in [6.07, 6.45) is -5.43. The first kappa shape index (κ1) is 46.9. The van der Waals surface area contributed by atoms with E-state index in [-0.39, 0.29) is 78.3 Å². The molecule has 0 radical (unpaired) electrons. The zero-order valence-corrected chi connectivity index (χ0v) is 37.6. The van der Waals surface area contributed by atoms with Crippen LogP contribution in [0.25, 0.3) is 0 Å². The highest BCUT2D eigenvalue weighted by atomic mass is 35.6. The minimum atomic E-state index is -1.98. The molecule has 4 amide bonds. The number of aryl methyl sites for hydroxylation is 1. The van der Waals surface area contributed by atoms with E-state index in [0.29, 0.717) is 18.5 Å². The Morgan fingerprint density at radius 3 is 1.75 bits per heavy atom. The molecule has 0 aliphatic carbocycles. The van der Waals surface area contributed by atoms with Gasteiger partial charge in [-0.3, -0.25) is 14.4 Å². The second-order valence-corrected chi connectivity index (χ2v) is 20.0. The van der Waals surface area contributed by atoms with E-state index in [1.54, 1.807) is 6.92 Å². The molecule has 2 saturated heterocycles. The van der Waals surface area contributed by atoms with Crippen LogP contribution in [0.15, 0.2) is 24.3 Å². The molecular formula is C38H42Cl6N4O13. The Balaban J connectivity index is 1.22. The van der Waals surface area contributed by atoms with Gasteiger partial charge in [0.05, 0.1) is 61.5 Å². The molecule has 2 aromatic carbocycles. The van der Waals surface area contributed by atoms with Crippen molar-refractivity contribution in [3.8, 4) is 17.2 Å². The summed E-state index contributed by atoms with van der Waals surface area (Å²) in [6, 6.07) is 3.97. The number of fused-ring (bicyclic) bond motifs is 4. The summed E-state index contributed by atoms with van der Waals surface area (Å²) in [6.45, 7) is 3.87. The standard InChI is InChI=1S/C38H42Cl6N4O13/c1-18-8-26-33(52)48(36(55)60-17-38(42,43)44)25-13-30(29(56-4)11-23(25)32(51)45(26)14-18)58-7-5-6-57-28-12-24-22(9-19(28)2)31(50)46-15-21(61-20(3)49)10-27(46)34(53)47(24)35(54)59-16-37(39,40)41/h9,11-13,18,21,26-27,33-34,52-53H,5-8,10,14-17H2,1-4H3/t18-,21-,26+,27+,33+,34+/m1/s1. The van der Waals surface area contributed by atoms with Gasteiger partial charge >= 0.3 is 18.2 Å². The molecule has 4 aliphatic heterocycles. The van der Waals surface area contributed by atoms with Crippen LogP contribution in [-0.4, -0.2) is 135 Å². The van der Waals surface area contributed by atoms with Crippen molar-refractivity contribution >= 4 is 111 Å². The maximum Gasteiger partial charge on any atom is 0.416 e. The van der Waals surface area contributed by atoms with Gasteiger partial charge in [-0.2, -0.15) is 0 Å². The van der Waals surface area contributed by atoms with E-state index in [4.69, 9.17) is 98.0 Å². The largest absolute Gasteiger partial charge is 0.493 e. The first-order chi connectivity index (χ1) is 28.6. The molecule has 61 heavy (non-hydrogen) atoms. The van der Waals surface area contributed by atoms with Crippen LogP contribution in [0.2, 0.25) is 0 Å². The van der Waals surface area contributed by atoms with Gasteiger partial charge in [-0.15, -0.1) is 0 Å². The van der Waals surface area contributed by atoms with Gasteiger partial charge in [0, 0.05) is 38.4 Å². The number of hydrogen-bond donors (Lipinski definition) is 2. The van der Waals surface area contributed by atoms with Crippen molar-refractivity contribution in [1.82, 2.24) is 9.80 Å². The lowest BCUT2D eigenvalue weighted by molar-refractivity contribution is -0.145. The monoisotopic (exact) mass is 972 g/mol. The first-order valence-corrected chi connectivity index (χ1v) is 21.2. The van der Waals surface area contributed by atoms with Gasteiger partial charge in [0.25, 0.3) is 11.8 Å². The van der Waals surface area contributed by atoms with E-state index in [0.717, 1.165) is 9.80 Å². The minimum absolute atomic E-state index is 0.00638. The van der Waals surface area contributed by atoms with E-state index in [1.165, 1.54) is 48.1 Å². The lowest BCUT2D eigenvalue weighted by Crippen LogP contribution is -2.51. The fourth-order valence-electron chi connectivity index (χ4n) is 7.86. The van der Waals surface area contributed by atoms with Crippen LogP contribution in [-0.2, 0) is 19.0 Å². The van der Waals surface area contributed by atoms with Crippen molar-refractivity contribution in [2.45, 2.75) is 78.3 Å². The Kier molecular flexibility index (Phi) is 14.4. The maximum absolute atomic E-state index is 14.0. The number of aliphatic hydroxyl groups excluding tert-OH is 2. The molecule has 23 heteroatoms. The zero-order chi connectivity index (χ0) is 44.7. The van der Waals surface area contributed by atoms with E-state index in [9.17, 15) is 34.2 Å². The number of ether oxygens (including phenoxy) is 6. The molecule has 6 atom stereocenters. The molecule has 6 rings (SSSR count). The zero-order valence-electron chi connectivity index (χ0n) is 33.1. The number of benzene rings is 2. The number of nitrogens with zero attached hydrogens (tertiary/aromatic N) is 4. The Labute approximate surface area is 380 Å². The van der Waals surface area contributed by atoms with E-state index < -0.39 is 81.4 Å². The van der Waals surface area contributed by atoms with E-state index >= 15 is 0 Å². The summed E-state index contributed by atoms with van der Waals surface area (Å²) in [5, 5.41) is 23.2. The molecule has 2 fully saturated rings. The van der Waals surface area contributed by atoms with Crippen LogP contribution < -0.4 is 24.0 Å². The summed E-state index contributed by atoms with van der Waals surface area (Å²) < 4.78 is 29.6. The van der Waals surface area contributed by atoms with Crippen LogP contribution in [0.5, 0.6) is 17.2 Å². The normalized spacial score (nSPS) is 23.6. The first-order valence-electron chi connectivity index (χ1n) is 18.9. The Morgan fingerprint density at radius 1 is 0.738 bits per heavy atom. The van der Waals surface area contributed by atoms with Gasteiger partial charge in [0.2, 0.25) is 7.59 Å². The smallest absolute Gasteiger partial charge is 0.416 e. The average molecular weight is 975 g/mol. The number of methoxy groups -OCH3 is 1. The molecule has 4 aliphatic rings. The maximum atomic E-state index is 14.0. The van der Waals surface area contributed by atoms with E-state index in [1.807, 2.05) is 6.92 Å². The third-order valence-electron chi connectivity index (χ3n) is 10.4. The number of alkyl halides is 6. The van der Waals surface area contributed by atoms with Crippen molar-refractivity contribution in [2.24, 2.45) is 5.92 Å². The number of rotatable bonds is 10. The molecule has 17 nitrogen and oxygen atoms in total. The number of esters is 1. The molecule has 2 aromatic rings. The second-order valence-electron chi connectivity index (χ2n) is 15.0. The van der Waals surface area contributed by atoms with Gasteiger partial charge in [-0.1, -0.05) is 76.5 Å². The van der Waals surface area contributed by atoms with Crippen molar-refractivity contribution in [3.63, 3.8) is 0 Å². The van der Waals surface area contributed by atoms with Crippen LogP contribution >= 0.6 is 69.6 Å². The number of carbonyl (C=O) groups excluding carboxylic acids is 5. The predicted molar refractivity (Wildman–Crippen MR) is 224 cm³/mol. The summed E-state index contributed by atoms with van der Waals surface area (Å²) in [5.74, 6) is -0.989. The van der Waals surface area contributed by atoms with Gasteiger partial charge in [-0.05, 0) is 37.0 Å². The third kappa shape index (κ3) is 10.5. The van der Waals surface area contributed by atoms with Crippen molar-refractivity contribution in [1.29, 1.82) is 0 Å². The molecule has 2 N–H and O–H groups in total. The van der Waals surface area contributed by atoms with Gasteiger partial charge in [0.1, 0.15) is 25.1 Å². The SMILES string of the molecule is COc1cc2c(cc1OCCCOc1cc3c(cc1C)C(=O)N1C[C@H](OC(C)=O)C[C@H]1[C@H](O)N3C(=O)OCC(Cl)(Cl)Cl)N(C(=O)OCC(Cl)(Cl)Cl)[C@@H](O)[C@@H]1C[C@@H](C)CN1C2=O. The minimum Gasteiger partial charge on any atom is -0.493 e. The van der Waals surface area contributed by atoms with Crippen LogP contribution in [0.4, 0.5) is 21.0 Å². The second kappa shape index (κ2) is 18.7. The van der Waals surface area contributed by atoms with Crippen molar-refractivity contribution < 1.29 is 62.6 Å². The highest BCUT2D eigenvalue weighted by Gasteiger charge is 2.50. The van der Waals surface area contributed by atoms with Gasteiger partial charge in [0.15, 0.2) is 24.0 Å². The van der Waals surface area contributed by atoms with Crippen LogP contribution in [0, 0.1) is 12.8 Å². The number of amides is 4. The number of halogens is 6. The van der Waals surface area contributed by atoms with Gasteiger partial charge < -0.3 is 48.4 Å². The Bertz CT molecular complexity index is 2050.